The number of hydrogen-bond acceptors (Lipinski definition) is 2. The molecule has 130 valence electrons. The van der Waals surface area contributed by atoms with Crippen molar-refractivity contribution in [3.8, 4) is 0 Å². The van der Waals surface area contributed by atoms with Crippen molar-refractivity contribution >= 4 is 12.0 Å². The maximum absolute atomic E-state index is 13.1. The summed E-state index contributed by atoms with van der Waals surface area (Å²) in [6.45, 7) is 2.92. The van der Waals surface area contributed by atoms with Gasteiger partial charge in [-0.3, -0.25) is 9.69 Å². The Morgan fingerprint density at radius 3 is 2.60 bits per heavy atom. The summed E-state index contributed by atoms with van der Waals surface area (Å²) in [6, 6.07) is 16.9. The Morgan fingerprint density at radius 1 is 1.12 bits per heavy atom. The molecule has 0 saturated carbocycles. The zero-order valence-corrected chi connectivity index (χ0v) is 14.2. The van der Waals surface area contributed by atoms with Crippen LogP contribution in [0.1, 0.15) is 24.0 Å². The zero-order valence-electron chi connectivity index (χ0n) is 14.2. The Kier molecular flexibility index (Phi) is 5.96. The van der Waals surface area contributed by atoms with Crippen molar-refractivity contribution in [3.63, 3.8) is 0 Å². The van der Waals surface area contributed by atoms with Crippen LogP contribution in [-0.2, 0) is 11.3 Å². The Balaban J connectivity index is 1.43. The normalized spacial score (nSPS) is 16.2. The predicted molar refractivity (Wildman–Crippen MR) is 98.3 cm³/mol. The van der Waals surface area contributed by atoms with Crippen molar-refractivity contribution in [3.05, 3.63) is 77.6 Å². The standard InChI is InChI=1S/C21H23FN2O/c22-19-8-4-7-17(15-19)9-10-21(25)23-20-11-13-24(14-12-20)16-18-5-2-1-3-6-18/h1-10,15,20H,11-14,16H2,(H,23,25)/b10-9+. The van der Waals surface area contributed by atoms with Crippen molar-refractivity contribution in [2.75, 3.05) is 13.1 Å². The van der Waals surface area contributed by atoms with E-state index in [0.717, 1.165) is 32.5 Å². The van der Waals surface area contributed by atoms with Crippen molar-refractivity contribution in [1.82, 2.24) is 10.2 Å². The van der Waals surface area contributed by atoms with E-state index in [2.05, 4.69) is 34.5 Å². The molecule has 0 aliphatic carbocycles. The summed E-state index contributed by atoms with van der Waals surface area (Å²) >= 11 is 0. The Hall–Kier alpha value is -2.46. The lowest BCUT2D eigenvalue weighted by atomic mass is 10.0. The van der Waals surface area contributed by atoms with Gasteiger partial charge in [-0.1, -0.05) is 42.5 Å². The van der Waals surface area contributed by atoms with Crippen LogP contribution in [0.3, 0.4) is 0 Å². The first kappa shape index (κ1) is 17.4. The molecule has 0 unspecified atom stereocenters. The van der Waals surface area contributed by atoms with Gasteiger partial charge in [-0.25, -0.2) is 4.39 Å². The minimum atomic E-state index is -0.298. The van der Waals surface area contributed by atoms with Crippen LogP contribution in [-0.4, -0.2) is 29.9 Å². The first-order valence-corrected chi connectivity index (χ1v) is 8.69. The van der Waals surface area contributed by atoms with E-state index in [9.17, 15) is 9.18 Å². The van der Waals surface area contributed by atoms with Crippen molar-refractivity contribution < 1.29 is 9.18 Å². The molecule has 0 bridgehead atoms. The quantitative estimate of drug-likeness (QED) is 0.845. The molecule has 1 fully saturated rings. The number of carbonyl (C=O) groups excluding carboxylic acids is 1. The highest BCUT2D eigenvalue weighted by atomic mass is 19.1. The molecular weight excluding hydrogens is 315 g/mol. The monoisotopic (exact) mass is 338 g/mol. The maximum Gasteiger partial charge on any atom is 0.244 e. The van der Waals surface area contributed by atoms with Crippen LogP contribution in [0.25, 0.3) is 6.08 Å². The van der Waals surface area contributed by atoms with Crippen LogP contribution in [0.2, 0.25) is 0 Å². The lowest BCUT2D eigenvalue weighted by Crippen LogP contribution is -2.43. The Morgan fingerprint density at radius 2 is 1.88 bits per heavy atom. The molecule has 0 aromatic heterocycles. The second-order valence-electron chi connectivity index (χ2n) is 6.43. The average Bonchev–Trinajstić information content (AvgIpc) is 2.63. The van der Waals surface area contributed by atoms with Crippen LogP contribution in [0.4, 0.5) is 4.39 Å². The van der Waals surface area contributed by atoms with Gasteiger partial charge in [0, 0.05) is 31.8 Å². The zero-order chi connectivity index (χ0) is 17.5. The smallest absolute Gasteiger partial charge is 0.244 e. The number of halogens is 1. The number of hydrogen-bond donors (Lipinski definition) is 1. The number of rotatable bonds is 5. The molecule has 1 saturated heterocycles. The van der Waals surface area contributed by atoms with Gasteiger partial charge in [0.05, 0.1) is 0 Å². The largest absolute Gasteiger partial charge is 0.350 e. The average molecular weight is 338 g/mol. The van der Waals surface area contributed by atoms with E-state index >= 15 is 0 Å². The molecule has 4 heteroatoms. The number of nitrogens with zero attached hydrogens (tertiary/aromatic N) is 1. The van der Waals surface area contributed by atoms with Crippen molar-refractivity contribution in [1.29, 1.82) is 0 Å². The van der Waals surface area contributed by atoms with Gasteiger partial charge < -0.3 is 5.32 Å². The molecule has 3 nitrogen and oxygen atoms in total. The fourth-order valence-corrected chi connectivity index (χ4v) is 3.11. The van der Waals surface area contributed by atoms with E-state index in [1.54, 1.807) is 18.2 Å². The summed E-state index contributed by atoms with van der Waals surface area (Å²) in [4.78, 5) is 14.5. The van der Waals surface area contributed by atoms with Crippen LogP contribution in [0.15, 0.2) is 60.7 Å². The third kappa shape index (κ3) is 5.54. The third-order valence-electron chi connectivity index (χ3n) is 4.46. The minimum Gasteiger partial charge on any atom is -0.350 e. The Bertz CT molecular complexity index is 722. The van der Waals surface area contributed by atoms with E-state index < -0.39 is 0 Å². The number of piperidine rings is 1. The highest BCUT2D eigenvalue weighted by molar-refractivity contribution is 5.91. The molecule has 1 N–H and O–H groups in total. The molecular formula is C21H23FN2O. The summed E-state index contributed by atoms with van der Waals surface area (Å²) in [6.07, 6.45) is 5.02. The van der Waals surface area contributed by atoms with E-state index in [4.69, 9.17) is 0 Å². The number of amides is 1. The lowest BCUT2D eigenvalue weighted by molar-refractivity contribution is -0.117. The molecule has 1 amide bonds. The molecule has 2 aromatic rings. The molecule has 0 spiro atoms. The molecule has 0 radical (unpaired) electrons. The number of nitrogens with one attached hydrogen (secondary N) is 1. The fraction of sp³-hybridized carbons (Fsp3) is 0.286. The SMILES string of the molecule is O=C(/C=C/c1cccc(F)c1)NC1CCN(Cc2ccccc2)CC1. The molecule has 1 aliphatic rings. The van der Waals surface area contributed by atoms with Crippen molar-refractivity contribution in [2.45, 2.75) is 25.4 Å². The first-order valence-electron chi connectivity index (χ1n) is 8.69. The fourth-order valence-electron chi connectivity index (χ4n) is 3.11. The van der Waals surface area contributed by atoms with Crippen molar-refractivity contribution in [2.24, 2.45) is 0 Å². The van der Waals surface area contributed by atoms with E-state index in [0.29, 0.717) is 5.56 Å². The minimum absolute atomic E-state index is 0.120. The topological polar surface area (TPSA) is 32.3 Å². The molecule has 25 heavy (non-hydrogen) atoms. The summed E-state index contributed by atoms with van der Waals surface area (Å²) in [7, 11) is 0. The van der Waals surface area contributed by atoms with E-state index in [-0.39, 0.29) is 17.8 Å². The summed E-state index contributed by atoms with van der Waals surface area (Å²) < 4.78 is 13.1. The number of benzene rings is 2. The van der Waals surface area contributed by atoms with Gasteiger partial charge in [0.25, 0.3) is 0 Å². The van der Waals surface area contributed by atoms with Crippen LogP contribution < -0.4 is 5.32 Å². The van der Waals surface area contributed by atoms with Crippen LogP contribution >= 0.6 is 0 Å². The second-order valence-corrected chi connectivity index (χ2v) is 6.43. The molecule has 1 heterocycles. The Labute approximate surface area is 148 Å². The second kappa shape index (κ2) is 8.58. The summed E-state index contributed by atoms with van der Waals surface area (Å²) in [5.74, 6) is -0.417. The summed E-state index contributed by atoms with van der Waals surface area (Å²) in [5, 5.41) is 3.04. The summed E-state index contributed by atoms with van der Waals surface area (Å²) in [5.41, 5.74) is 2.01. The van der Waals surface area contributed by atoms with Gasteiger partial charge in [0.15, 0.2) is 0 Å². The van der Waals surface area contributed by atoms with Gasteiger partial charge in [-0.05, 0) is 42.2 Å². The van der Waals surface area contributed by atoms with Crippen LogP contribution in [0.5, 0.6) is 0 Å². The maximum atomic E-state index is 13.1. The number of likely N-dealkylation sites (tertiary alicyclic amines) is 1. The van der Waals surface area contributed by atoms with Gasteiger partial charge in [-0.15, -0.1) is 0 Å². The third-order valence-corrected chi connectivity index (χ3v) is 4.46. The number of carbonyl (C=O) groups is 1. The van der Waals surface area contributed by atoms with Gasteiger partial charge in [0.2, 0.25) is 5.91 Å². The molecule has 0 atom stereocenters. The van der Waals surface area contributed by atoms with Gasteiger partial charge in [-0.2, -0.15) is 0 Å². The van der Waals surface area contributed by atoms with Gasteiger partial charge in [0.1, 0.15) is 5.82 Å². The van der Waals surface area contributed by atoms with E-state index in [1.807, 2.05) is 6.07 Å². The molecule has 2 aromatic carbocycles. The molecule has 3 rings (SSSR count). The molecule has 1 aliphatic heterocycles. The van der Waals surface area contributed by atoms with Crippen LogP contribution in [0, 0.1) is 5.82 Å². The highest BCUT2D eigenvalue weighted by Crippen LogP contribution is 2.14. The lowest BCUT2D eigenvalue weighted by Gasteiger charge is -2.32. The highest BCUT2D eigenvalue weighted by Gasteiger charge is 2.19. The van der Waals surface area contributed by atoms with E-state index in [1.165, 1.54) is 23.8 Å². The first-order chi connectivity index (χ1) is 12.2. The predicted octanol–water partition coefficient (Wildman–Crippen LogP) is 3.62. The van der Waals surface area contributed by atoms with Gasteiger partial charge >= 0.3 is 0 Å².